The minimum atomic E-state index is 0.0321. The van der Waals surface area contributed by atoms with Crippen molar-refractivity contribution in [2.75, 3.05) is 7.11 Å². The van der Waals surface area contributed by atoms with Crippen LogP contribution in [-0.4, -0.2) is 17.9 Å². The van der Waals surface area contributed by atoms with Crippen molar-refractivity contribution in [1.29, 1.82) is 0 Å². The summed E-state index contributed by atoms with van der Waals surface area (Å²) in [6, 6.07) is 7.56. The third kappa shape index (κ3) is 1.99. The van der Waals surface area contributed by atoms with E-state index in [1.165, 1.54) is 0 Å². The van der Waals surface area contributed by atoms with Crippen LogP contribution in [0.15, 0.2) is 34.9 Å². The fourth-order valence-corrected chi connectivity index (χ4v) is 2.46. The third-order valence-corrected chi connectivity index (χ3v) is 3.43. The molecule has 0 saturated heterocycles. The lowest BCUT2D eigenvalue weighted by Crippen LogP contribution is -2.22. The number of carbonyl (C=O) groups excluding carboxylic acids is 1. The SMILES string of the molecule is COc1cc2c(cc1C)CN(Cc1ccco1)C2=O. The first kappa shape index (κ1) is 11.8. The largest absolute Gasteiger partial charge is 0.496 e. The van der Waals surface area contributed by atoms with Crippen LogP contribution in [-0.2, 0) is 13.1 Å². The Morgan fingerprint density at radius 3 is 2.95 bits per heavy atom. The number of benzene rings is 1. The zero-order valence-electron chi connectivity index (χ0n) is 11.0. The molecule has 4 heteroatoms. The van der Waals surface area contributed by atoms with E-state index in [1.54, 1.807) is 18.3 Å². The van der Waals surface area contributed by atoms with Gasteiger partial charge in [0.05, 0.1) is 19.9 Å². The quantitative estimate of drug-likeness (QED) is 0.849. The van der Waals surface area contributed by atoms with E-state index in [-0.39, 0.29) is 5.91 Å². The summed E-state index contributed by atoms with van der Waals surface area (Å²) in [5, 5.41) is 0. The normalized spacial score (nSPS) is 13.8. The van der Waals surface area contributed by atoms with Gasteiger partial charge in [-0.3, -0.25) is 4.79 Å². The molecule has 98 valence electrons. The van der Waals surface area contributed by atoms with Crippen molar-refractivity contribution in [1.82, 2.24) is 4.90 Å². The number of ether oxygens (including phenoxy) is 1. The van der Waals surface area contributed by atoms with Gasteiger partial charge in [0.1, 0.15) is 11.5 Å². The summed E-state index contributed by atoms with van der Waals surface area (Å²) in [5.74, 6) is 1.58. The van der Waals surface area contributed by atoms with Crippen molar-refractivity contribution in [2.45, 2.75) is 20.0 Å². The maximum Gasteiger partial charge on any atom is 0.255 e. The minimum absolute atomic E-state index is 0.0321. The van der Waals surface area contributed by atoms with E-state index in [1.807, 2.05) is 31.2 Å². The number of amides is 1. The Kier molecular flexibility index (Phi) is 2.78. The Hall–Kier alpha value is -2.23. The maximum absolute atomic E-state index is 12.3. The van der Waals surface area contributed by atoms with Crippen molar-refractivity contribution in [3.8, 4) is 5.75 Å². The van der Waals surface area contributed by atoms with Gasteiger partial charge in [-0.25, -0.2) is 0 Å². The Labute approximate surface area is 111 Å². The third-order valence-electron chi connectivity index (χ3n) is 3.43. The first-order valence-corrected chi connectivity index (χ1v) is 6.18. The van der Waals surface area contributed by atoms with Gasteiger partial charge in [0, 0.05) is 12.1 Å². The molecule has 3 rings (SSSR count). The number of nitrogens with zero attached hydrogens (tertiary/aromatic N) is 1. The van der Waals surface area contributed by atoms with Gasteiger partial charge in [-0.15, -0.1) is 0 Å². The zero-order valence-corrected chi connectivity index (χ0v) is 11.0. The number of hydrogen-bond acceptors (Lipinski definition) is 3. The fourth-order valence-electron chi connectivity index (χ4n) is 2.46. The molecule has 0 unspecified atom stereocenters. The second kappa shape index (κ2) is 4.46. The predicted molar refractivity (Wildman–Crippen MR) is 70.0 cm³/mol. The van der Waals surface area contributed by atoms with Gasteiger partial charge in [-0.2, -0.15) is 0 Å². The Bertz CT molecular complexity index is 617. The van der Waals surface area contributed by atoms with E-state index < -0.39 is 0 Å². The van der Waals surface area contributed by atoms with Gasteiger partial charge in [0.2, 0.25) is 0 Å². The van der Waals surface area contributed by atoms with Crippen LogP contribution in [0.4, 0.5) is 0 Å². The topological polar surface area (TPSA) is 42.7 Å². The van der Waals surface area contributed by atoms with E-state index in [9.17, 15) is 4.79 Å². The number of aryl methyl sites for hydroxylation is 1. The van der Waals surface area contributed by atoms with Crippen LogP contribution in [0.5, 0.6) is 5.75 Å². The molecular weight excluding hydrogens is 242 g/mol. The molecule has 1 aliphatic heterocycles. The molecule has 0 atom stereocenters. The van der Waals surface area contributed by atoms with E-state index in [2.05, 4.69) is 0 Å². The lowest BCUT2D eigenvalue weighted by atomic mass is 10.1. The molecule has 0 radical (unpaired) electrons. The smallest absolute Gasteiger partial charge is 0.255 e. The number of fused-ring (bicyclic) bond motifs is 1. The predicted octanol–water partition coefficient (Wildman–Crippen LogP) is 2.75. The summed E-state index contributed by atoms with van der Waals surface area (Å²) in [7, 11) is 1.62. The van der Waals surface area contributed by atoms with Crippen LogP contribution in [0.25, 0.3) is 0 Å². The number of furan rings is 1. The lowest BCUT2D eigenvalue weighted by Gasteiger charge is -2.13. The van der Waals surface area contributed by atoms with Gasteiger partial charge in [-0.1, -0.05) is 0 Å². The fraction of sp³-hybridized carbons (Fsp3) is 0.267. The number of methoxy groups -OCH3 is 1. The molecule has 0 fully saturated rings. The van der Waals surface area contributed by atoms with Crippen molar-refractivity contribution in [2.24, 2.45) is 0 Å². The van der Waals surface area contributed by atoms with Gasteiger partial charge in [0.25, 0.3) is 5.91 Å². The molecule has 2 heterocycles. The average molecular weight is 257 g/mol. The molecule has 1 aromatic heterocycles. The highest BCUT2D eigenvalue weighted by Crippen LogP contribution is 2.30. The molecule has 19 heavy (non-hydrogen) atoms. The number of rotatable bonds is 3. The van der Waals surface area contributed by atoms with E-state index in [4.69, 9.17) is 9.15 Å². The van der Waals surface area contributed by atoms with Crippen LogP contribution in [0.3, 0.4) is 0 Å². The summed E-state index contributed by atoms with van der Waals surface area (Å²) in [6.45, 7) is 3.11. The summed E-state index contributed by atoms with van der Waals surface area (Å²) in [5.41, 5.74) is 2.83. The molecule has 0 aliphatic carbocycles. The monoisotopic (exact) mass is 257 g/mol. The molecule has 1 aliphatic rings. The molecular formula is C15H15NO3. The second-order valence-electron chi connectivity index (χ2n) is 4.72. The van der Waals surface area contributed by atoms with E-state index >= 15 is 0 Å². The van der Waals surface area contributed by atoms with Gasteiger partial charge >= 0.3 is 0 Å². The van der Waals surface area contributed by atoms with E-state index in [0.717, 1.165) is 28.2 Å². The van der Waals surface area contributed by atoms with Crippen LogP contribution in [0.2, 0.25) is 0 Å². The van der Waals surface area contributed by atoms with Gasteiger partial charge in [0.15, 0.2) is 0 Å². The maximum atomic E-state index is 12.3. The summed E-state index contributed by atoms with van der Waals surface area (Å²) in [6.07, 6.45) is 1.62. The molecule has 0 N–H and O–H groups in total. The van der Waals surface area contributed by atoms with Crippen molar-refractivity contribution in [3.05, 3.63) is 53.0 Å². The first-order chi connectivity index (χ1) is 9.19. The number of carbonyl (C=O) groups is 1. The average Bonchev–Trinajstić information content (AvgIpc) is 2.99. The highest BCUT2D eigenvalue weighted by Gasteiger charge is 2.28. The van der Waals surface area contributed by atoms with Crippen LogP contribution in [0, 0.1) is 6.92 Å². The molecule has 2 aromatic rings. The van der Waals surface area contributed by atoms with Crippen molar-refractivity contribution < 1.29 is 13.9 Å². The zero-order chi connectivity index (χ0) is 13.4. The highest BCUT2D eigenvalue weighted by molar-refractivity contribution is 5.98. The minimum Gasteiger partial charge on any atom is -0.496 e. The van der Waals surface area contributed by atoms with Crippen LogP contribution >= 0.6 is 0 Å². The Morgan fingerprint density at radius 2 is 2.26 bits per heavy atom. The highest BCUT2D eigenvalue weighted by atomic mass is 16.5. The Balaban J connectivity index is 1.89. The molecule has 1 aromatic carbocycles. The van der Waals surface area contributed by atoms with Crippen molar-refractivity contribution >= 4 is 5.91 Å². The van der Waals surface area contributed by atoms with Gasteiger partial charge in [-0.05, 0) is 42.3 Å². The van der Waals surface area contributed by atoms with E-state index in [0.29, 0.717) is 13.1 Å². The standard InChI is InChI=1S/C15H15NO3/c1-10-6-11-8-16(9-12-4-3-5-19-12)15(17)13(11)7-14(10)18-2/h3-7H,8-9H2,1-2H3. The molecule has 0 bridgehead atoms. The summed E-state index contributed by atoms with van der Waals surface area (Å²) in [4.78, 5) is 14.1. The van der Waals surface area contributed by atoms with Crippen LogP contribution in [0.1, 0.15) is 27.2 Å². The Morgan fingerprint density at radius 1 is 1.42 bits per heavy atom. The first-order valence-electron chi connectivity index (χ1n) is 6.18. The summed E-state index contributed by atoms with van der Waals surface area (Å²) < 4.78 is 10.6. The number of hydrogen-bond donors (Lipinski definition) is 0. The molecule has 0 spiro atoms. The molecule has 0 saturated carbocycles. The molecule has 4 nitrogen and oxygen atoms in total. The van der Waals surface area contributed by atoms with Gasteiger partial charge < -0.3 is 14.1 Å². The van der Waals surface area contributed by atoms with Crippen molar-refractivity contribution in [3.63, 3.8) is 0 Å². The molecule has 1 amide bonds. The summed E-state index contributed by atoms with van der Waals surface area (Å²) >= 11 is 0. The lowest BCUT2D eigenvalue weighted by molar-refractivity contribution is 0.0755. The van der Waals surface area contributed by atoms with Crippen LogP contribution < -0.4 is 4.74 Å². The second-order valence-corrected chi connectivity index (χ2v) is 4.72.